The summed E-state index contributed by atoms with van der Waals surface area (Å²) in [5.41, 5.74) is 6.14. The van der Waals surface area contributed by atoms with E-state index in [9.17, 15) is 0 Å². The van der Waals surface area contributed by atoms with Gasteiger partial charge in [-0.05, 0) is 50.1 Å². The molecule has 128 valence electrons. The van der Waals surface area contributed by atoms with Gasteiger partial charge in [-0.3, -0.25) is 0 Å². The molecule has 0 saturated heterocycles. The maximum absolute atomic E-state index is 4.86. The molecule has 1 aliphatic carbocycles. The number of imidazole rings is 1. The van der Waals surface area contributed by atoms with Gasteiger partial charge in [0.15, 0.2) is 5.65 Å². The SMILES string of the molecule is Cc1cccc(-c2nc3cccnn3c2-c2ccnc(NC3CC3)c2)c1. The number of rotatable bonds is 4. The summed E-state index contributed by atoms with van der Waals surface area (Å²) in [5, 5.41) is 8.02. The molecule has 5 heteroatoms. The Labute approximate surface area is 151 Å². The lowest BCUT2D eigenvalue weighted by atomic mass is 10.0. The van der Waals surface area contributed by atoms with Gasteiger partial charge in [-0.15, -0.1) is 0 Å². The Morgan fingerprint density at radius 1 is 1.00 bits per heavy atom. The zero-order valence-corrected chi connectivity index (χ0v) is 14.6. The van der Waals surface area contributed by atoms with E-state index in [0.29, 0.717) is 6.04 Å². The van der Waals surface area contributed by atoms with E-state index in [0.717, 1.165) is 34.0 Å². The standard InChI is InChI=1S/C21H19N5/c1-14-4-2-5-15(12-14)20-21(26-19(25-20)6-3-10-23-26)16-9-11-22-18(13-16)24-17-7-8-17/h2-6,9-13,17H,7-8H2,1H3,(H,22,24). The molecular weight excluding hydrogens is 322 g/mol. The van der Waals surface area contributed by atoms with E-state index in [-0.39, 0.29) is 0 Å². The van der Waals surface area contributed by atoms with Crippen LogP contribution in [0.15, 0.2) is 60.9 Å². The first-order valence-electron chi connectivity index (χ1n) is 8.92. The quantitative estimate of drug-likeness (QED) is 0.600. The summed E-state index contributed by atoms with van der Waals surface area (Å²) in [4.78, 5) is 9.33. The Morgan fingerprint density at radius 3 is 2.77 bits per heavy atom. The minimum atomic E-state index is 0.564. The van der Waals surface area contributed by atoms with Gasteiger partial charge in [0.2, 0.25) is 0 Å². The normalized spacial score (nSPS) is 13.9. The number of fused-ring (bicyclic) bond motifs is 1. The molecule has 1 saturated carbocycles. The minimum Gasteiger partial charge on any atom is -0.367 e. The van der Waals surface area contributed by atoms with E-state index in [4.69, 9.17) is 4.98 Å². The third-order valence-electron chi connectivity index (χ3n) is 4.65. The topological polar surface area (TPSA) is 55.1 Å². The van der Waals surface area contributed by atoms with Crippen molar-refractivity contribution in [1.82, 2.24) is 19.6 Å². The van der Waals surface area contributed by atoms with Crippen molar-refractivity contribution in [1.29, 1.82) is 0 Å². The molecule has 0 bridgehead atoms. The van der Waals surface area contributed by atoms with Crippen LogP contribution in [0.25, 0.3) is 28.2 Å². The molecule has 0 aliphatic heterocycles. The number of pyridine rings is 1. The second-order valence-corrected chi connectivity index (χ2v) is 6.82. The van der Waals surface area contributed by atoms with Crippen LogP contribution in [-0.4, -0.2) is 25.6 Å². The Morgan fingerprint density at radius 2 is 1.92 bits per heavy atom. The van der Waals surface area contributed by atoms with Crippen molar-refractivity contribution in [3.8, 4) is 22.5 Å². The van der Waals surface area contributed by atoms with Crippen LogP contribution in [0.1, 0.15) is 18.4 Å². The lowest BCUT2D eigenvalue weighted by molar-refractivity contribution is 0.942. The predicted molar refractivity (Wildman–Crippen MR) is 103 cm³/mol. The molecule has 1 aliphatic rings. The van der Waals surface area contributed by atoms with Gasteiger partial charge < -0.3 is 5.32 Å². The monoisotopic (exact) mass is 341 g/mol. The highest BCUT2D eigenvalue weighted by molar-refractivity contribution is 5.82. The fourth-order valence-corrected chi connectivity index (χ4v) is 3.23. The van der Waals surface area contributed by atoms with Crippen molar-refractivity contribution in [2.75, 3.05) is 5.32 Å². The Kier molecular flexibility index (Phi) is 3.45. The van der Waals surface area contributed by atoms with Crippen molar-refractivity contribution in [2.24, 2.45) is 0 Å². The van der Waals surface area contributed by atoms with Crippen molar-refractivity contribution in [3.05, 3.63) is 66.5 Å². The average Bonchev–Trinajstić information content (AvgIpc) is 3.38. The lowest BCUT2D eigenvalue weighted by Gasteiger charge is -2.08. The van der Waals surface area contributed by atoms with Gasteiger partial charge in [-0.25, -0.2) is 14.5 Å². The second-order valence-electron chi connectivity index (χ2n) is 6.82. The summed E-state index contributed by atoms with van der Waals surface area (Å²) in [6.45, 7) is 2.10. The van der Waals surface area contributed by atoms with Gasteiger partial charge in [-0.1, -0.05) is 23.8 Å². The number of anilines is 1. The maximum Gasteiger partial charge on any atom is 0.154 e. The lowest BCUT2D eigenvalue weighted by Crippen LogP contribution is -2.03. The highest BCUT2D eigenvalue weighted by Gasteiger charge is 2.22. The van der Waals surface area contributed by atoms with E-state index < -0.39 is 0 Å². The van der Waals surface area contributed by atoms with Gasteiger partial charge in [-0.2, -0.15) is 5.10 Å². The molecule has 5 rings (SSSR count). The molecule has 1 aromatic carbocycles. The van der Waals surface area contributed by atoms with E-state index in [1.54, 1.807) is 6.20 Å². The zero-order chi connectivity index (χ0) is 17.5. The van der Waals surface area contributed by atoms with Crippen LogP contribution in [0.3, 0.4) is 0 Å². The number of aromatic nitrogens is 4. The summed E-state index contributed by atoms with van der Waals surface area (Å²) in [6.07, 6.45) is 6.08. The molecule has 4 aromatic rings. The molecule has 0 amide bonds. The fraction of sp³-hybridized carbons (Fsp3) is 0.190. The first-order valence-corrected chi connectivity index (χ1v) is 8.92. The van der Waals surface area contributed by atoms with Gasteiger partial charge in [0, 0.05) is 29.6 Å². The molecule has 3 heterocycles. The zero-order valence-electron chi connectivity index (χ0n) is 14.6. The van der Waals surface area contributed by atoms with Crippen molar-refractivity contribution < 1.29 is 0 Å². The number of hydrogen-bond acceptors (Lipinski definition) is 4. The highest BCUT2D eigenvalue weighted by atomic mass is 15.3. The maximum atomic E-state index is 4.86. The number of benzene rings is 1. The summed E-state index contributed by atoms with van der Waals surface area (Å²) < 4.78 is 1.91. The van der Waals surface area contributed by atoms with Crippen molar-refractivity contribution in [3.63, 3.8) is 0 Å². The van der Waals surface area contributed by atoms with Gasteiger partial charge in [0.05, 0.1) is 5.69 Å². The smallest absolute Gasteiger partial charge is 0.154 e. The highest BCUT2D eigenvalue weighted by Crippen LogP contribution is 2.34. The summed E-state index contributed by atoms with van der Waals surface area (Å²) in [7, 11) is 0. The molecule has 0 spiro atoms. The average molecular weight is 341 g/mol. The Balaban J connectivity index is 1.72. The van der Waals surface area contributed by atoms with Gasteiger partial charge in [0.25, 0.3) is 0 Å². The third-order valence-corrected chi connectivity index (χ3v) is 4.65. The van der Waals surface area contributed by atoms with Crippen LogP contribution in [0.4, 0.5) is 5.82 Å². The molecule has 0 radical (unpaired) electrons. The summed E-state index contributed by atoms with van der Waals surface area (Å²) in [6, 6.07) is 17.0. The summed E-state index contributed by atoms with van der Waals surface area (Å²) in [5.74, 6) is 0.908. The van der Waals surface area contributed by atoms with E-state index in [2.05, 4.69) is 52.7 Å². The van der Waals surface area contributed by atoms with Crippen LogP contribution in [0.5, 0.6) is 0 Å². The predicted octanol–water partition coefficient (Wildman–Crippen LogP) is 4.34. The molecule has 5 nitrogen and oxygen atoms in total. The van der Waals surface area contributed by atoms with Gasteiger partial charge in [0.1, 0.15) is 11.5 Å². The van der Waals surface area contributed by atoms with Crippen LogP contribution >= 0.6 is 0 Å². The molecule has 3 aromatic heterocycles. The van der Waals surface area contributed by atoms with Crippen LogP contribution in [0, 0.1) is 6.92 Å². The summed E-state index contributed by atoms with van der Waals surface area (Å²) >= 11 is 0. The number of aryl methyl sites for hydroxylation is 1. The molecule has 0 atom stereocenters. The van der Waals surface area contributed by atoms with E-state index in [1.165, 1.54) is 18.4 Å². The van der Waals surface area contributed by atoms with Crippen LogP contribution in [-0.2, 0) is 0 Å². The fourth-order valence-electron chi connectivity index (χ4n) is 3.23. The second kappa shape index (κ2) is 5.95. The number of nitrogens with zero attached hydrogens (tertiary/aromatic N) is 4. The molecule has 26 heavy (non-hydrogen) atoms. The van der Waals surface area contributed by atoms with E-state index in [1.807, 2.05) is 28.9 Å². The van der Waals surface area contributed by atoms with Crippen molar-refractivity contribution >= 4 is 11.5 Å². The Bertz CT molecular complexity index is 1090. The Hall–Kier alpha value is -3.21. The third kappa shape index (κ3) is 2.71. The van der Waals surface area contributed by atoms with Crippen LogP contribution < -0.4 is 5.32 Å². The number of hydrogen-bond donors (Lipinski definition) is 1. The van der Waals surface area contributed by atoms with Gasteiger partial charge >= 0.3 is 0 Å². The molecule has 1 fully saturated rings. The largest absolute Gasteiger partial charge is 0.367 e. The van der Waals surface area contributed by atoms with Crippen molar-refractivity contribution in [2.45, 2.75) is 25.8 Å². The molecular formula is C21H19N5. The minimum absolute atomic E-state index is 0.564. The molecule has 0 unspecified atom stereocenters. The first kappa shape index (κ1) is 15.1. The van der Waals surface area contributed by atoms with E-state index >= 15 is 0 Å². The first-order chi connectivity index (χ1) is 12.8. The number of nitrogens with one attached hydrogen (secondary N) is 1. The van der Waals surface area contributed by atoms with Crippen LogP contribution in [0.2, 0.25) is 0 Å². The molecule has 1 N–H and O–H groups in total.